The van der Waals surface area contributed by atoms with E-state index in [4.69, 9.17) is 0 Å². The number of hydrogen-bond donors (Lipinski definition) is 0. The molecule has 1 aliphatic rings. The summed E-state index contributed by atoms with van der Waals surface area (Å²) in [7, 11) is 0. The maximum atomic E-state index is 12.1. The van der Waals surface area contributed by atoms with Crippen molar-refractivity contribution < 1.29 is 13.2 Å². The van der Waals surface area contributed by atoms with Crippen molar-refractivity contribution in [3.63, 3.8) is 0 Å². The third-order valence-corrected chi connectivity index (χ3v) is 2.12. The highest BCUT2D eigenvalue weighted by molar-refractivity contribution is 5.39. The van der Waals surface area contributed by atoms with Gasteiger partial charge in [-0.2, -0.15) is 13.2 Å². The van der Waals surface area contributed by atoms with Crippen molar-refractivity contribution in [3.8, 4) is 0 Å². The number of rotatable bonds is 1. The van der Waals surface area contributed by atoms with Crippen molar-refractivity contribution in [2.75, 3.05) is 0 Å². The van der Waals surface area contributed by atoms with Crippen LogP contribution in [0.1, 0.15) is 24.0 Å². The van der Waals surface area contributed by atoms with E-state index in [1.165, 1.54) is 5.92 Å². The third-order valence-electron chi connectivity index (χ3n) is 2.12. The Morgan fingerprint density at radius 1 is 0.923 bits per heavy atom. The molecule has 0 saturated heterocycles. The van der Waals surface area contributed by atoms with E-state index < -0.39 is 11.7 Å². The smallest absolute Gasteiger partial charge is 0.166 e. The average Bonchev–Trinajstić information content (AvgIpc) is 2.85. The molecule has 0 aromatic heterocycles. The van der Waals surface area contributed by atoms with Crippen molar-refractivity contribution in [3.05, 3.63) is 41.3 Å². The third kappa shape index (κ3) is 1.85. The fourth-order valence-corrected chi connectivity index (χ4v) is 1.25. The van der Waals surface area contributed by atoms with Crippen molar-refractivity contribution in [2.24, 2.45) is 0 Å². The van der Waals surface area contributed by atoms with Crippen LogP contribution in [0.25, 0.3) is 0 Å². The van der Waals surface area contributed by atoms with Crippen LogP contribution in [0.2, 0.25) is 0 Å². The summed E-state index contributed by atoms with van der Waals surface area (Å²) < 4.78 is 36.4. The minimum absolute atomic E-state index is 0.572. The van der Waals surface area contributed by atoms with Gasteiger partial charge in [0.25, 0.3) is 0 Å². The van der Waals surface area contributed by atoms with Crippen LogP contribution in [0.5, 0.6) is 0 Å². The molecule has 0 atom stereocenters. The second kappa shape index (κ2) is 2.76. The summed E-state index contributed by atoms with van der Waals surface area (Å²) in [6, 6.07) is 5.37. The quantitative estimate of drug-likeness (QED) is 0.628. The van der Waals surface area contributed by atoms with Gasteiger partial charge < -0.3 is 0 Å². The molecule has 3 heteroatoms. The minimum atomic E-state index is -4.22. The first kappa shape index (κ1) is 8.60. The van der Waals surface area contributed by atoms with Gasteiger partial charge in [0.15, 0.2) is 0 Å². The molecule has 1 radical (unpaired) electrons. The van der Waals surface area contributed by atoms with E-state index >= 15 is 0 Å². The van der Waals surface area contributed by atoms with E-state index in [1.807, 2.05) is 0 Å². The summed E-state index contributed by atoms with van der Waals surface area (Å²) in [6.45, 7) is 0. The Hall–Kier alpha value is -0.990. The maximum absolute atomic E-state index is 12.1. The van der Waals surface area contributed by atoms with Gasteiger partial charge in [0, 0.05) is 5.92 Å². The summed E-state index contributed by atoms with van der Waals surface area (Å²) in [4.78, 5) is 0. The fraction of sp³-hybridized carbons (Fsp3) is 0.300. The van der Waals surface area contributed by atoms with Crippen molar-refractivity contribution in [1.29, 1.82) is 0 Å². The molecule has 0 N–H and O–H groups in total. The number of alkyl halides is 3. The van der Waals surface area contributed by atoms with Crippen molar-refractivity contribution >= 4 is 0 Å². The standard InChI is InChI=1S/C10H8F3/c11-10(12,13)9-5-3-8(4-6-9)7-1-2-7/h3-6H,1-2H2. The van der Waals surface area contributed by atoms with Crippen LogP contribution in [0.4, 0.5) is 13.2 Å². The van der Waals surface area contributed by atoms with Gasteiger partial charge in [-0.1, -0.05) is 12.1 Å². The normalized spacial score (nSPS) is 17.5. The molecular formula is C10H8F3. The van der Waals surface area contributed by atoms with E-state index in [2.05, 4.69) is 0 Å². The monoisotopic (exact) mass is 185 g/mol. The summed E-state index contributed by atoms with van der Waals surface area (Å²) in [5, 5.41) is 0. The lowest BCUT2D eigenvalue weighted by Gasteiger charge is -2.06. The van der Waals surface area contributed by atoms with Gasteiger partial charge in [-0.05, 0) is 30.5 Å². The molecule has 1 aromatic rings. The first-order valence-electron chi connectivity index (χ1n) is 4.10. The van der Waals surface area contributed by atoms with Gasteiger partial charge in [0.2, 0.25) is 0 Å². The predicted molar refractivity (Wildman–Crippen MR) is 43.0 cm³/mol. The van der Waals surface area contributed by atoms with E-state index in [0.717, 1.165) is 30.5 Å². The highest BCUT2D eigenvalue weighted by Gasteiger charge is 2.31. The summed E-state index contributed by atoms with van der Waals surface area (Å²) >= 11 is 0. The molecule has 0 unspecified atom stereocenters. The van der Waals surface area contributed by atoms with Crippen LogP contribution >= 0.6 is 0 Å². The van der Waals surface area contributed by atoms with Crippen LogP contribution < -0.4 is 0 Å². The molecule has 13 heavy (non-hydrogen) atoms. The lowest BCUT2D eigenvalue weighted by atomic mass is 10.1. The molecule has 0 nitrogen and oxygen atoms in total. The van der Waals surface area contributed by atoms with Crippen molar-refractivity contribution in [2.45, 2.75) is 19.0 Å². The summed E-state index contributed by atoms with van der Waals surface area (Å²) in [6.07, 6.45) is -2.15. The number of benzene rings is 1. The minimum Gasteiger partial charge on any atom is -0.166 e. The van der Waals surface area contributed by atoms with Gasteiger partial charge >= 0.3 is 6.18 Å². The van der Waals surface area contributed by atoms with Crippen LogP contribution in [0.15, 0.2) is 24.3 Å². The molecular weight excluding hydrogens is 177 g/mol. The van der Waals surface area contributed by atoms with E-state index in [1.54, 1.807) is 12.1 Å². The molecule has 0 amide bonds. The zero-order chi connectivity index (χ0) is 9.47. The molecule has 2 rings (SSSR count). The lowest BCUT2D eigenvalue weighted by Crippen LogP contribution is -2.04. The lowest BCUT2D eigenvalue weighted by molar-refractivity contribution is -0.137. The summed E-state index contributed by atoms with van der Waals surface area (Å²) in [5.74, 6) is 1.26. The number of halogens is 3. The molecule has 0 bridgehead atoms. The molecule has 1 fully saturated rings. The first-order chi connectivity index (χ1) is 6.07. The molecule has 69 valence electrons. The Kier molecular flexibility index (Phi) is 1.82. The summed E-state index contributed by atoms with van der Waals surface area (Å²) in [5.41, 5.74) is 0.380. The van der Waals surface area contributed by atoms with E-state index in [9.17, 15) is 13.2 Å². The van der Waals surface area contributed by atoms with E-state index in [-0.39, 0.29) is 0 Å². The Balaban J connectivity index is 2.22. The topological polar surface area (TPSA) is 0 Å². The molecule has 1 saturated carbocycles. The highest BCUT2D eigenvalue weighted by Crippen LogP contribution is 2.39. The second-order valence-electron chi connectivity index (χ2n) is 3.18. The Morgan fingerprint density at radius 3 is 1.85 bits per heavy atom. The van der Waals surface area contributed by atoms with Gasteiger partial charge in [-0.3, -0.25) is 0 Å². The average molecular weight is 185 g/mol. The zero-order valence-electron chi connectivity index (χ0n) is 6.86. The first-order valence-corrected chi connectivity index (χ1v) is 4.10. The highest BCUT2D eigenvalue weighted by atomic mass is 19.4. The predicted octanol–water partition coefficient (Wildman–Crippen LogP) is 3.42. The largest absolute Gasteiger partial charge is 0.416 e. The fourth-order valence-electron chi connectivity index (χ4n) is 1.25. The van der Waals surface area contributed by atoms with Crippen LogP contribution in [-0.2, 0) is 6.18 Å². The molecule has 0 heterocycles. The molecule has 1 aromatic carbocycles. The molecule has 0 aliphatic heterocycles. The zero-order valence-corrected chi connectivity index (χ0v) is 6.86. The number of hydrogen-bond acceptors (Lipinski definition) is 0. The molecule has 1 aliphatic carbocycles. The van der Waals surface area contributed by atoms with Crippen LogP contribution in [-0.4, -0.2) is 0 Å². The van der Waals surface area contributed by atoms with Crippen LogP contribution in [0.3, 0.4) is 0 Å². The Morgan fingerprint density at radius 2 is 1.46 bits per heavy atom. The maximum Gasteiger partial charge on any atom is 0.416 e. The van der Waals surface area contributed by atoms with Gasteiger partial charge in [0.1, 0.15) is 0 Å². The van der Waals surface area contributed by atoms with Gasteiger partial charge in [-0.25, -0.2) is 0 Å². The molecule has 0 spiro atoms. The second-order valence-corrected chi connectivity index (χ2v) is 3.18. The SMILES string of the molecule is FC(F)(F)c1ccc([C]2CC2)cc1. The van der Waals surface area contributed by atoms with Crippen LogP contribution in [0, 0.1) is 5.92 Å². The van der Waals surface area contributed by atoms with E-state index in [0.29, 0.717) is 0 Å². The Labute approximate surface area is 74.4 Å². The van der Waals surface area contributed by atoms with Crippen molar-refractivity contribution in [1.82, 2.24) is 0 Å². The van der Waals surface area contributed by atoms with Gasteiger partial charge in [0.05, 0.1) is 5.56 Å². The van der Waals surface area contributed by atoms with Gasteiger partial charge in [-0.15, -0.1) is 0 Å². The Bertz CT molecular complexity index is 293.